The van der Waals surface area contributed by atoms with Crippen LogP contribution >= 0.6 is 0 Å². The summed E-state index contributed by atoms with van der Waals surface area (Å²) in [6, 6.07) is 10.8. The summed E-state index contributed by atoms with van der Waals surface area (Å²) in [5.41, 5.74) is 1.02. The van der Waals surface area contributed by atoms with Gasteiger partial charge >= 0.3 is 12.6 Å². The minimum Gasteiger partial charge on any atom is -0.497 e. The van der Waals surface area contributed by atoms with E-state index in [1.807, 2.05) is 0 Å². The largest absolute Gasteiger partial charge is 0.497 e. The molecule has 0 fully saturated rings. The van der Waals surface area contributed by atoms with E-state index in [2.05, 4.69) is 9.73 Å². The fourth-order valence-corrected chi connectivity index (χ4v) is 2.41. The molecule has 2 aromatic carbocycles. The summed E-state index contributed by atoms with van der Waals surface area (Å²) >= 11 is 0. The molecule has 0 bridgehead atoms. The lowest BCUT2D eigenvalue weighted by atomic mass is 10.1. The molecule has 1 aliphatic rings. The molecule has 6 nitrogen and oxygen atoms in total. The lowest BCUT2D eigenvalue weighted by molar-refractivity contribution is -0.129. The number of rotatable bonds is 6. The quantitative estimate of drug-likeness (QED) is 0.570. The number of nitrogens with zero attached hydrogens (tertiary/aromatic N) is 1. The van der Waals surface area contributed by atoms with Gasteiger partial charge in [0.15, 0.2) is 5.70 Å². The highest BCUT2D eigenvalue weighted by Crippen LogP contribution is 2.26. The predicted molar refractivity (Wildman–Crippen MR) is 93.2 cm³/mol. The number of alkyl halides is 2. The predicted octanol–water partition coefficient (Wildman–Crippen LogP) is 3.65. The van der Waals surface area contributed by atoms with Gasteiger partial charge in [-0.3, -0.25) is 0 Å². The average Bonchev–Trinajstić information content (AvgIpc) is 3.01. The van der Waals surface area contributed by atoms with Crippen molar-refractivity contribution in [1.82, 2.24) is 0 Å². The fourth-order valence-electron chi connectivity index (χ4n) is 2.41. The normalized spacial score (nSPS) is 14.9. The molecule has 0 saturated carbocycles. The first kappa shape index (κ1) is 18.4. The van der Waals surface area contributed by atoms with E-state index in [1.54, 1.807) is 24.3 Å². The van der Waals surface area contributed by atoms with Crippen LogP contribution in [0.15, 0.2) is 53.2 Å². The van der Waals surface area contributed by atoms with E-state index < -0.39 is 12.6 Å². The number of benzene rings is 2. The summed E-state index contributed by atoms with van der Waals surface area (Å²) in [7, 11) is 3.03. The standard InChI is InChI=1S/C19H15F2NO5/c1-24-14-6-11(7-15(10-14)25-2)8-16-18(23)27-17(22-16)12-4-3-5-13(9-12)26-19(20)21/h3-10,19H,1-2H3. The van der Waals surface area contributed by atoms with Crippen molar-refractivity contribution < 1.29 is 32.5 Å². The number of hydrogen-bond donors (Lipinski definition) is 0. The zero-order chi connectivity index (χ0) is 19.4. The molecule has 140 valence electrons. The summed E-state index contributed by atoms with van der Waals surface area (Å²) in [5.74, 6) is 0.381. The van der Waals surface area contributed by atoms with Crippen LogP contribution in [0.3, 0.4) is 0 Å². The second-order valence-corrected chi connectivity index (χ2v) is 5.39. The van der Waals surface area contributed by atoms with Gasteiger partial charge in [-0.2, -0.15) is 8.78 Å². The Morgan fingerprint density at radius 3 is 2.37 bits per heavy atom. The third-order valence-electron chi connectivity index (χ3n) is 3.60. The number of ether oxygens (including phenoxy) is 4. The van der Waals surface area contributed by atoms with E-state index in [4.69, 9.17) is 14.2 Å². The van der Waals surface area contributed by atoms with Crippen molar-refractivity contribution in [2.75, 3.05) is 14.2 Å². The van der Waals surface area contributed by atoms with Gasteiger partial charge in [0.25, 0.3) is 0 Å². The molecular weight excluding hydrogens is 360 g/mol. The van der Waals surface area contributed by atoms with E-state index in [9.17, 15) is 13.6 Å². The van der Waals surface area contributed by atoms with Crippen molar-refractivity contribution in [3.8, 4) is 17.2 Å². The Morgan fingerprint density at radius 2 is 1.74 bits per heavy atom. The lowest BCUT2D eigenvalue weighted by Crippen LogP contribution is -2.07. The molecule has 0 atom stereocenters. The number of esters is 1. The third-order valence-corrected chi connectivity index (χ3v) is 3.60. The number of halogens is 2. The Balaban J connectivity index is 1.91. The summed E-state index contributed by atoms with van der Waals surface area (Å²) in [5, 5.41) is 0. The van der Waals surface area contributed by atoms with Gasteiger partial charge < -0.3 is 18.9 Å². The Labute approximate surface area is 153 Å². The van der Waals surface area contributed by atoms with Gasteiger partial charge in [0, 0.05) is 11.6 Å². The van der Waals surface area contributed by atoms with Crippen LogP contribution < -0.4 is 14.2 Å². The topological polar surface area (TPSA) is 66.3 Å². The Bertz CT molecular complexity index is 902. The van der Waals surface area contributed by atoms with E-state index in [0.29, 0.717) is 22.6 Å². The van der Waals surface area contributed by atoms with Crippen LogP contribution in [0.2, 0.25) is 0 Å². The highest BCUT2D eigenvalue weighted by atomic mass is 19.3. The lowest BCUT2D eigenvalue weighted by Gasteiger charge is -2.05. The summed E-state index contributed by atoms with van der Waals surface area (Å²) in [6.45, 7) is -2.95. The number of carbonyl (C=O) groups excluding carboxylic acids is 1. The van der Waals surface area contributed by atoms with Crippen LogP contribution in [0.1, 0.15) is 11.1 Å². The maximum Gasteiger partial charge on any atom is 0.387 e. The first-order valence-corrected chi connectivity index (χ1v) is 7.79. The minimum atomic E-state index is -2.95. The van der Waals surface area contributed by atoms with E-state index >= 15 is 0 Å². The highest BCUT2D eigenvalue weighted by Gasteiger charge is 2.24. The number of carbonyl (C=O) groups is 1. The molecule has 0 aliphatic carbocycles. The van der Waals surface area contributed by atoms with Crippen molar-refractivity contribution in [3.63, 3.8) is 0 Å². The van der Waals surface area contributed by atoms with Gasteiger partial charge in [-0.1, -0.05) is 6.07 Å². The SMILES string of the molecule is COc1cc(C=C2N=C(c3cccc(OC(F)F)c3)OC2=O)cc(OC)c1. The number of cyclic esters (lactones) is 1. The minimum absolute atomic E-state index is 0.000766. The van der Waals surface area contributed by atoms with Crippen molar-refractivity contribution >= 4 is 17.9 Å². The van der Waals surface area contributed by atoms with Crippen molar-refractivity contribution in [1.29, 1.82) is 0 Å². The van der Waals surface area contributed by atoms with E-state index in [0.717, 1.165) is 0 Å². The van der Waals surface area contributed by atoms with Gasteiger partial charge in [0.05, 0.1) is 14.2 Å². The molecule has 2 aromatic rings. The molecular formula is C19H15F2NO5. The number of methoxy groups -OCH3 is 2. The summed E-state index contributed by atoms with van der Waals surface area (Å²) in [6.07, 6.45) is 1.51. The molecule has 1 heterocycles. The van der Waals surface area contributed by atoms with Gasteiger partial charge in [-0.15, -0.1) is 0 Å². The van der Waals surface area contributed by atoms with Crippen LogP contribution in [0.4, 0.5) is 8.78 Å². The Hall–Kier alpha value is -3.42. The zero-order valence-electron chi connectivity index (χ0n) is 14.4. The van der Waals surface area contributed by atoms with Crippen molar-refractivity contribution in [3.05, 3.63) is 59.3 Å². The molecule has 0 spiro atoms. The maximum atomic E-state index is 12.4. The first-order valence-electron chi connectivity index (χ1n) is 7.79. The summed E-state index contributed by atoms with van der Waals surface area (Å²) in [4.78, 5) is 16.3. The molecule has 0 radical (unpaired) electrons. The van der Waals surface area contributed by atoms with Crippen LogP contribution in [0.5, 0.6) is 17.2 Å². The van der Waals surface area contributed by atoms with E-state index in [1.165, 1.54) is 38.5 Å². The summed E-state index contributed by atoms with van der Waals surface area (Å²) < 4.78 is 44.6. The Kier molecular flexibility index (Phi) is 5.35. The molecule has 27 heavy (non-hydrogen) atoms. The van der Waals surface area contributed by atoms with Crippen LogP contribution in [0, 0.1) is 0 Å². The highest BCUT2D eigenvalue weighted by molar-refractivity contribution is 6.13. The van der Waals surface area contributed by atoms with Crippen LogP contribution in [0.25, 0.3) is 6.08 Å². The molecule has 0 saturated heterocycles. The monoisotopic (exact) mass is 375 g/mol. The van der Waals surface area contributed by atoms with Gasteiger partial charge in [0.2, 0.25) is 5.90 Å². The van der Waals surface area contributed by atoms with Gasteiger partial charge in [-0.25, -0.2) is 9.79 Å². The van der Waals surface area contributed by atoms with Gasteiger partial charge in [-0.05, 0) is 42.0 Å². The first-order chi connectivity index (χ1) is 13.0. The number of aliphatic imine (C=N–C) groups is 1. The smallest absolute Gasteiger partial charge is 0.387 e. The van der Waals surface area contributed by atoms with Crippen LogP contribution in [-0.4, -0.2) is 32.7 Å². The molecule has 0 unspecified atom stereocenters. The number of hydrogen-bond acceptors (Lipinski definition) is 6. The maximum absolute atomic E-state index is 12.4. The van der Waals surface area contributed by atoms with Gasteiger partial charge in [0.1, 0.15) is 17.2 Å². The zero-order valence-corrected chi connectivity index (χ0v) is 14.4. The third kappa shape index (κ3) is 4.41. The van der Waals surface area contributed by atoms with E-state index in [-0.39, 0.29) is 17.3 Å². The molecule has 3 rings (SSSR count). The van der Waals surface area contributed by atoms with Crippen LogP contribution in [-0.2, 0) is 9.53 Å². The molecule has 0 amide bonds. The average molecular weight is 375 g/mol. The molecule has 0 aromatic heterocycles. The molecule has 8 heteroatoms. The fraction of sp³-hybridized carbons (Fsp3) is 0.158. The second-order valence-electron chi connectivity index (χ2n) is 5.39. The van der Waals surface area contributed by atoms with Crippen molar-refractivity contribution in [2.45, 2.75) is 6.61 Å². The van der Waals surface area contributed by atoms with Crippen molar-refractivity contribution in [2.24, 2.45) is 4.99 Å². The Morgan fingerprint density at radius 1 is 1.04 bits per heavy atom. The second kappa shape index (κ2) is 7.86. The molecule has 1 aliphatic heterocycles. The molecule has 0 N–H and O–H groups in total.